The third kappa shape index (κ3) is 13.1. The molecule has 0 aromatic carbocycles. The first-order valence-electron chi connectivity index (χ1n) is 8.25. The largest absolute Gasteiger partial charge is 0.464 e. The van der Waals surface area contributed by atoms with E-state index in [4.69, 9.17) is 9.47 Å². The van der Waals surface area contributed by atoms with E-state index >= 15 is 0 Å². The first-order valence-corrected chi connectivity index (χ1v) is 9.37. The number of rotatable bonds is 14. The van der Waals surface area contributed by atoms with Gasteiger partial charge in [-0.2, -0.15) is 0 Å². The average Bonchev–Trinajstić information content (AvgIpc) is 2.50. The maximum absolute atomic E-state index is 11.9. The van der Waals surface area contributed by atoms with Gasteiger partial charge in [-0.15, -0.1) is 0 Å². The summed E-state index contributed by atoms with van der Waals surface area (Å²) >= 11 is 3.41. The summed E-state index contributed by atoms with van der Waals surface area (Å²) in [5.74, 6) is -0.212. The van der Waals surface area contributed by atoms with Crippen molar-refractivity contribution in [2.75, 3.05) is 18.5 Å². The number of halogens is 1. The van der Waals surface area contributed by atoms with Crippen LogP contribution >= 0.6 is 15.9 Å². The molecule has 0 fully saturated rings. The van der Waals surface area contributed by atoms with Gasteiger partial charge in [0.2, 0.25) is 0 Å². The van der Waals surface area contributed by atoms with Gasteiger partial charge >= 0.3 is 5.97 Å². The van der Waals surface area contributed by atoms with Crippen molar-refractivity contribution < 1.29 is 14.3 Å². The van der Waals surface area contributed by atoms with E-state index < -0.39 is 6.10 Å². The lowest BCUT2D eigenvalue weighted by molar-refractivity contribution is -0.157. The predicted molar refractivity (Wildman–Crippen MR) is 91.9 cm³/mol. The molecule has 0 aromatic rings. The van der Waals surface area contributed by atoms with Gasteiger partial charge in [0.05, 0.1) is 13.2 Å². The average molecular weight is 363 g/mol. The van der Waals surface area contributed by atoms with Crippen molar-refractivity contribution in [3.05, 3.63) is 12.2 Å². The lowest BCUT2D eigenvalue weighted by Crippen LogP contribution is -2.26. The van der Waals surface area contributed by atoms with Crippen LogP contribution in [0.5, 0.6) is 0 Å². The monoisotopic (exact) mass is 362 g/mol. The van der Waals surface area contributed by atoms with Gasteiger partial charge in [-0.3, -0.25) is 0 Å². The molecule has 0 bridgehead atoms. The minimum atomic E-state index is -0.410. The lowest BCUT2D eigenvalue weighted by atomic mass is 10.2. The lowest BCUT2D eigenvalue weighted by Gasteiger charge is -2.14. The number of hydrogen-bond acceptors (Lipinski definition) is 3. The Morgan fingerprint density at radius 2 is 1.76 bits per heavy atom. The second kappa shape index (κ2) is 16.0. The highest BCUT2D eigenvalue weighted by Gasteiger charge is 2.17. The van der Waals surface area contributed by atoms with E-state index in [9.17, 15) is 4.79 Å². The van der Waals surface area contributed by atoms with Crippen molar-refractivity contribution >= 4 is 21.9 Å². The van der Waals surface area contributed by atoms with Gasteiger partial charge in [0, 0.05) is 5.33 Å². The van der Waals surface area contributed by atoms with Gasteiger partial charge in [-0.25, -0.2) is 4.79 Å². The van der Waals surface area contributed by atoms with Gasteiger partial charge in [0.25, 0.3) is 0 Å². The van der Waals surface area contributed by atoms with E-state index in [0.717, 1.165) is 37.4 Å². The summed E-state index contributed by atoms with van der Waals surface area (Å²) in [4.78, 5) is 11.9. The van der Waals surface area contributed by atoms with E-state index in [2.05, 4.69) is 35.0 Å². The Bertz CT molecular complexity index is 267. The van der Waals surface area contributed by atoms with Crippen LogP contribution in [0.2, 0.25) is 0 Å². The molecule has 4 heteroatoms. The fraction of sp³-hybridized carbons (Fsp3) is 0.824. The molecule has 0 aliphatic rings. The second-order valence-corrected chi connectivity index (χ2v) is 5.88. The van der Waals surface area contributed by atoms with Crippen molar-refractivity contribution in [3.8, 4) is 0 Å². The SMILES string of the molecule is CCC/C=C\CCOC(CC)C(=O)OCCCCCCBr. The highest BCUT2D eigenvalue weighted by atomic mass is 79.9. The van der Waals surface area contributed by atoms with Crippen molar-refractivity contribution in [2.24, 2.45) is 0 Å². The van der Waals surface area contributed by atoms with Crippen molar-refractivity contribution in [1.29, 1.82) is 0 Å². The summed E-state index contributed by atoms with van der Waals surface area (Å²) in [6, 6.07) is 0. The van der Waals surface area contributed by atoms with Gasteiger partial charge < -0.3 is 9.47 Å². The van der Waals surface area contributed by atoms with Crippen LogP contribution < -0.4 is 0 Å². The van der Waals surface area contributed by atoms with E-state index in [1.54, 1.807) is 0 Å². The Labute approximate surface area is 138 Å². The number of alkyl halides is 1. The van der Waals surface area contributed by atoms with Crippen molar-refractivity contribution in [2.45, 2.75) is 71.3 Å². The van der Waals surface area contributed by atoms with Crippen LogP contribution in [0, 0.1) is 0 Å². The summed E-state index contributed by atoms with van der Waals surface area (Å²) < 4.78 is 10.9. The Morgan fingerprint density at radius 3 is 2.43 bits per heavy atom. The Kier molecular flexibility index (Phi) is 15.8. The second-order valence-electron chi connectivity index (χ2n) is 5.09. The fourth-order valence-electron chi connectivity index (χ4n) is 1.85. The summed E-state index contributed by atoms with van der Waals surface area (Å²) in [7, 11) is 0. The third-order valence-corrected chi connectivity index (χ3v) is 3.69. The molecule has 1 unspecified atom stereocenters. The van der Waals surface area contributed by atoms with E-state index in [1.807, 2.05) is 6.92 Å². The minimum absolute atomic E-state index is 0.212. The van der Waals surface area contributed by atoms with Crippen LogP contribution in [0.3, 0.4) is 0 Å². The molecule has 0 spiro atoms. The summed E-state index contributed by atoms with van der Waals surface area (Å²) in [6.45, 7) is 5.20. The van der Waals surface area contributed by atoms with Crippen LogP contribution in [0.15, 0.2) is 12.2 Å². The molecule has 0 aromatic heterocycles. The van der Waals surface area contributed by atoms with Crippen LogP contribution in [-0.4, -0.2) is 30.6 Å². The number of ether oxygens (including phenoxy) is 2. The number of esters is 1. The Morgan fingerprint density at radius 1 is 1.05 bits per heavy atom. The van der Waals surface area contributed by atoms with Gasteiger partial charge in [-0.1, -0.05) is 61.2 Å². The molecule has 0 aliphatic heterocycles. The third-order valence-electron chi connectivity index (χ3n) is 3.13. The molecule has 1 atom stereocenters. The van der Waals surface area contributed by atoms with Gasteiger partial charge in [0.1, 0.15) is 0 Å². The van der Waals surface area contributed by atoms with Crippen molar-refractivity contribution in [1.82, 2.24) is 0 Å². The highest BCUT2D eigenvalue weighted by molar-refractivity contribution is 9.09. The Hall–Kier alpha value is -0.350. The fourth-order valence-corrected chi connectivity index (χ4v) is 2.25. The topological polar surface area (TPSA) is 35.5 Å². The van der Waals surface area contributed by atoms with E-state index in [-0.39, 0.29) is 5.97 Å². The normalized spacial score (nSPS) is 12.7. The first kappa shape index (κ1) is 20.6. The molecule has 0 saturated carbocycles. The molecule has 0 saturated heterocycles. The van der Waals surface area contributed by atoms with Crippen LogP contribution in [-0.2, 0) is 14.3 Å². The molecule has 21 heavy (non-hydrogen) atoms. The maximum atomic E-state index is 11.9. The molecular formula is C17H31BrO3. The van der Waals surface area contributed by atoms with Crippen LogP contribution in [0.25, 0.3) is 0 Å². The van der Waals surface area contributed by atoms with Gasteiger partial charge in [0.15, 0.2) is 6.10 Å². The molecule has 124 valence electrons. The standard InChI is InChI=1S/C17H31BrO3/c1-3-5-6-8-11-14-20-16(4-2)17(19)21-15-12-9-7-10-13-18/h6,8,16H,3-5,7,9-15H2,1-2H3/b8-6-. The number of hydrogen-bond donors (Lipinski definition) is 0. The number of allylic oxidation sites excluding steroid dienone is 1. The smallest absolute Gasteiger partial charge is 0.335 e. The molecule has 0 aliphatic carbocycles. The molecule has 0 rings (SSSR count). The predicted octanol–water partition coefficient (Wildman–Crippen LogP) is 5.03. The number of carbonyl (C=O) groups is 1. The summed E-state index contributed by atoms with van der Waals surface area (Å²) in [5.41, 5.74) is 0. The Balaban J connectivity index is 3.66. The van der Waals surface area contributed by atoms with Crippen LogP contribution in [0.4, 0.5) is 0 Å². The summed E-state index contributed by atoms with van der Waals surface area (Å²) in [6.07, 6.45) is 12.1. The number of carbonyl (C=O) groups excluding carboxylic acids is 1. The molecule has 0 N–H and O–H groups in total. The zero-order valence-electron chi connectivity index (χ0n) is 13.6. The molecule has 3 nitrogen and oxygen atoms in total. The molecule has 0 radical (unpaired) electrons. The van der Waals surface area contributed by atoms with Crippen LogP contribution in [0.1, 0.15) is 65.2 Å². The molecule has 0 heterocycles. The first-order chi connectivity index (χ1) is 10.3. The van der Waals surface area contributed by atoms with Gasteiger partial charge in [-0.05, 0) is 32.1 Å². The highest BCUT2D eigenvalue weighted by Crippen LogP contribution is 2.06. The quantitative estimate of drug-likeness (QED) is 0.188. The van der Waals surface area contributed by atoms with E-state index in [0.29, 0.717) is 19.6 Å². The van der Waals surface area contributed by atoms with E-state index in [1.165, 1.54) is 12.8 Å². The molecular weight excluding hydrogens is 332 g/mol. The zero-order chi connectivity index (χ0) is 15.8. The number of unbranched alkanes of at least 4 members (excludes halogenated alkanes) is 4. The minimum Gasteiger partial charge on any atom is -0.464 e. The van der Waals surface area contributed by atoms with Crippen molar-refractivity contribution in [3.63, 3.8) is 0 Å². The maximum Gasteiger partial charge on any atom is 0.335 e. The molecule has 0 amide bonds. The summed E-state index contributed by atoms with van der Waals surface area (Å²) in [5, 5.41) is 1.05. The zero-order valence-corrected chi connectivity index (χ0v) is 15.2.